The van der Waals surface area contributed by atoms with E-state index in [0.29, 0.717) is 13.1 Å². The van der Waals surface area contributed by atoms with E-state index in [9.17, 15) is 12.8 Å². The van der Waals surface area contributed by atoms with Crippen molar-refractivity contribution >= 4 is 10.0 Å². The van der Waals surface area contributed by atoms with Crippen molar-refractivity contribution < 1.29 is 12.8 Å². The molecule has 0 radical (unpaired) electrons. The van der Waals surface area contributed by atoms with E-state index in [0.717, 1.165) is 18.9 Å². The number of aromatic nitrogens is 1. The van der Waals surface area contributed by atoms with Gasteiger partial charge in [0, 0.05) is 18.8 Å². The van der Waals surface area contributed by atoms with Crippen molar-refractivity contribution in [2.75, 3.05) is 13.1 Å². The SMILES string of the molecule is CC1CCC(CN)CN1S(=O)(=O)c1ncccc1F. The van der Waals surface area contributed by atoms with Crippen LogP contribution < -0.4 is 5.73 Å². The molecular formula is C12H18FN3O2S. The number of nitrogens with two attached hydrogens (primary N) is 1. The molecule has 1 aromatic heterocycles. The van der Waals surface area contributed by atoms with E-state index in [4.69, 9.17) is 5.73 Å². The molecule has 1 aliphatic rings. The van der Waals surface area contributed by atoms with Crippen LogP contribution in [0.5, 0.6) is 0 Å². The molecule has 0 spiro atoms. The molecule has 1 saturated heterocycles. The summed E-state index contributed by atoms with van der Waals surface area (Å²) >= 11 is 0. The Labute approximate surface area is 112 Å². The van der Waals surface area contributed by atoms with E-state index in [1.54, 1.807) is 0 Å². The van der Waals surface area contributed by atoms with Crippen LogP contribution in [0.3, 0.4) is 0 Å². The van der Waals surface area contributed by atoms with Crippen molar-refractivity contribution in [1.82, 2.24) is 9.29 Å². The van der Waals surface area contributed by atoms with Gasteiger partial charge in [0.2, 0.25) is 5.03 Å². The zero-order chi connectivity index (χ0) is 14.0. The lowest BCUT2D eigenvalue weighted by Gasteiger charge is -2.36. The highest BCUT2D eigenvalue weighted by Gasteiger charge is 2.36. The minimum absolute atomic E-state index is 0.123. The molecule has 1 aromatic rings. The first kappa shape index (κ1) is 14.4. The van der Waals surface area contributed by atoms with E-state index in [-0.39, 0.29) is 12.0 Å². The third-order valence-electron chi connectivity index (χ3n) is 3.53. The Kier molecular flexibility index (Phi) is 4.17. The van der Waals surface area contributed by atoms with Gasteiger partial charge in [0.1, 0.15) is 0 Å². The van der Waals surface area contributed by atoms with Gasteiger partial charge in [0.25, 0.3) is 10.0 Å². The highest BCUT2D eigenvalue weighted by Crippen LogP contribution is 2.27. The number of pyridine rings is 1. The lowest BCUT2D eigenvalue weighted by molar-refractivity contribution is 0.210. The van der Waals surface area contributed by atoms with Crippen LogP contribution in [0.2, 0.25) is 0 Å². The zero-order valence-corrected chi connectivity index (χ0v) is 11.6. The molecule has 0 bridgehead atoms. The maximum absolute atomic E-state index is 13.7. The molecule has 2 unspecified atom stereocenters. The molecule has 1 aliphatic heterocycles. The molecule has 0 amide bonds. The van der Waals surface area contributed by atoms with Crippen LogP contribution in [0.15, 0.2) is 23.4 Å². The maximum Gasteiger partial charge on any atom is 0.263 e. The summed E-state index contributed by atoms with van der Waals surface area (Å²) in [6.45, 7) is 2.59. The van der Waals surface area contributed by atoms with Crippen LogP contribution in [0, 0.1) is 11.7 Å². The average molecular weight is 287 g/mol. The molecular weight excluding hydrogens is 269 g/mol. The number of piperidine rings is 1. The van der Waals surface area contributed by atoms with Crippen molar-refractivity contribution in [1.29, 1.82) is 0 Å². The normalized spacial score (nSPS) is 25.4. The van der Waals surface area contributed by atoms with E-state index in [1.165, 1.54) is 16.6 Å². The highest BCUT2D eigenvalue weighted by molar-refractivity contribution is 7.89. The van der Waals surface area contributed by atoms with Gasteiger partial charge in [-0.05, 0) is 44.4 Å². The van der Waals surface area contributed by atoms with Gasteiger partial charge in [-0.3, -0.25) is 0 Å². The van der Waals surface area contributed by atoms with Gasteiger partial charge in [0.15, 0.2) is 5.82 Å². The van der Waals surface area contributed by atoms with Crippen LogP contribution in [0.4, 0.5) is 4.39 Å². The maximum atomic E-state index is 13.7. The number of rotatable bonds is 3. The molecule has 0 aromatic carbocycles. The molecule has 19 heavy (non-hydrogen) atoms. The summed E-state index contributed by atoms with van der Waals surface area (Å²) in [7, 11) is -3.89. The number of nitrogens with zero attached hydrogens (tertiary/aromatic N) is 2. The van der Waals surface area contributed by atoms with E-state index in [1.807, 2.05) is 6.92 Å². The third kappa shape index (κ3) is 2.77. The van der Waals surface area contributed by atoms with Crippen LogP contribution in [0.1, 0.15) is 19.8 Å². The summed E-state index contributed by atoms with van der Waals surface area (Å²) in [5.41, 5.74) is 5.61. The third-order valence-corrected chi connectivity index (χ3v) is 5.45. The molecule has 2 N–H and O–H groups in total. The van der Waals surface area contributed by atoms with Crippen molar-refractivity contribution in [2.45, 2.75) is 30.8 Å². The summed E-state index contributed by atoms with van der Waals surface area (Å²) < 4.78 is 39.9. The zero-order valence-electron chi connectivity index (χ0n) is 10.8. The molecule has 2 rings (SSSR count). The minimum Gasteiger partial charge on any atom is -0.330 e. The van der Waals surface area contributed by atoms with Gasteiger partial charge < -0.3 is 5.73 Å². The average Bonchev–Trinajstić information content (AvgIpc) is 2.39. The minimum atomic E-state index is -3.89. The summed E-state index contributed by atoms with van der Waals surface area (Å²) in [6.07, 6.45) is 2.91. The predicted octanol–water partition coefficient (Wildman–Crippen LogP) is 0.969. The van der Waals surface area contributed by atoms with Gasteiger partial charge >= 0.3 is 0 Å². The molecule has 5 nitrogen and oxygen atoms in total. The second-order valence-corrected chi connectivity index (χ2v) is 6.70. The topological polar surface area (TPSA) is 76.3 Å². The van der Waals surface area contributed by atoms with Crippen LogP contribution in [-0.2, 0) is 10.0 Å². The monoisotopic (exact) mass is 287 g/mol. The second kappa shape index (κ2) is 5.52. The van der Waals surface area contributed by atoms with Gasteiger partial charge in [0.05, 0.1) is 0 Å². The molecule has 0 saturated carbocycles. The molecule has 1 fully saturated rings. The van der Waals surface area contributed by atoms with Crippen LogP contribution in [-0.4, -0.2) is 36.8 Å². The first-order valence-corrected chi connectivity index (χ1v) is 7.73. The fraction of sp³-hybridized carbons (Fsp3) is 0.583. The Hall–Kier alpha value is -1.05. The van der Waals surface area contributed by atoms with E-state index < -0.39 is 20.9 Å². The standard InChI is InChI=1S/C12H18FN3O2S/c1-9-4-5-10(7-14)8-16(9)19(17,18)12-11(13)3-2-6-15-12/h2-3,6,9-10H,4-5,7-8,14H2,1H3. The quantitative estimate of drug-likeness (QED) is 0.898. The van der Waals surface area contributed by atoms with Crippen molar-refractivity contribution in [3.05, 3.63) is 24.1 Å². The molecule has 0 aliphatic carbocycles. The van der Waals surface area contributed by atoms with E-state index >= 15 is 0 Å². The van der Waals surface area contributed by atoms with E-state index in [2.05, 4.69) is 4.98 Å². The van der Waals surface area contributed by atoms with Gasteiger partial charge in [-0.15, -0.1) is 0 Å². The molecule has 106 valence electrons. The van der Waals surface area contributed by atoms with Gasteiger partial charge in [-0.2, -0.15) is 4.31 Å². The van der Waals surface area contributed by atoms with Crippen molar-refractivity contribution in [3.8, 4) is 0 Å². The van der Waals surface area contributed by atoms with Crippen molar-refractivity contribution in [2.24, 2.45) is 11.7 Å². The summed E-state index contributed by atoms with van der Waals surface area (Å²) in [5, 5.41) is -0.500. The largest absolute Gasteiger partial charge is 0.330 e. The number of sulfonamides is 1. The number of hydrogen-bond acceptors (Lipinski definition) is 4. The summed E-state index contributed by atoms with van der Waals surface area (Å²) in [4.78, 5) is 3.67. The fourth-order valence-corrected chi connectivity index (χ4v) is 4.06. The number of halogens is 1. The number of hydrogen-bond donors (Lipinski definition) is 1. The Morgan fingerprint density at radius 3 is 2.89 bits per heavy atom. The molecule has 2 heterocycles. The second-order valence-electron chi connectivity index (χ2n) is 4.89. The molecule has 2 atom stereocenters. The summed E-state index contributed by atoms with van der Waals surface area (Å²) in [5.74, 6) is -0.692. The Morgan fingerprint density at radius 2 is 2.26 bits per heavy atom. The predicted molar refractivity (Wildman–Crippen MR) is 69.3 cm³/mol. The van der Waals surface area contributed by atoms with Crippen LogP contribution >= 0.6 is 0 Å². The highest BCUT2D eigenvalue weighted by atomic mass is 32.2. The smallest absolute Gasteiger partial charge is 0.263 e. The van der Waals surface area contributed by atoms with Gasteiger partial charge in [-0.25, -0.2) is 17.8 Å². The van der Waals surface area contributed by atoms with Gasteiger partial charge in [-0.1, -0.05) is 0 Å². The fourth-order valence-electron chi connectivity index (χ4n) is 2.35. The molecule has 7 heteroatoms. The first-order chi connectivity index (χ1) is 8.96. The summed E-state index contributed by atoms with van der Waals surface area (Å²) in [6, 6.07) is 2.32. The Bertz CT molecular complexity index is 550. The van der Waals surface area contributed by atoms with Crippen molar-refractivity contribution in [3.63, 3.8) is 0 Å². The first-order valence-electron chi connectivity index (χ1n) is 6.29. The Morgan fingerprint density at radius 1 is 1.53 bits per heavy atom. The Balaban J connectivity index is 2.36. The lowest BCUT2D eigenvalue weighted by Crippen LogP contribution is -2.47. The lowest BCUT2D eigenvalue weighted by atomic mass is 9.96. The van der Waals surface area contributed by atoms with Crippen LogP contribution in [0.25, 0.3) is 0 Å².